The van der Waals surface area contributed by atoms with E-state index in [1.807, 2.05) is 18.4 Å². The van der Waals surface area contributed by atoms with Crippen LogP contribution < -0.4 is 5.32 Å². The van der Waals surface area contributed by atoms with Crippen LogP contribution in [-0.2, 0) is 6.54 Å². The van der Waals surface area contributed by atoms with Gasteiger partial charge in [0, 0.05) is 24.0 Å². The summed E-state index contributed by atoms with van der Waals surface area (Å²) in [6, 6.07) is 0.715. The third-order valence-corrected chi connectivity index (χ3v) is 4.34. The van der Waals surface area contributed by atoms with Gasteiger partial charge in [-0.15, -0.1) is 11.3 Å². The lowest BCUT2D eigenvalue weighted by molar-refractivity contribution is 0.244. The highest BCUT2D eigenvalue weighted by Gasteiger charge is 2.24. The van der Waals surface area contributed by atoms with E-state index >= 15 is 0 Å². The lowest BCUT2D eigenvalue weighted by Crippen LogP contribution is -2.36. The van der Waals surface area contributed by atoms with Crippen LogP contribution in [0.1, 0.15) is 28.4 Å². The number of hydrogen-bond acceptors (Lipinski definition) is 4. The topological polar surface area (TPSA) is 28.2 Å². The number of likely N-dealkylation sites (tertiary alicyclic amines) is 1. The molecule has 1 aliphatic rings. The first-order valence-corrected chi connectivity index (χ1v) is 6.84. The zero-order valence-electron chi connectivity index (χ0n) is 10.4. The highest BCUT2D eigenvalue weighted by molar-refractivity contribution is 7.11. The number of aromatic nitrogens is 1. The number of likely N-dealkylation sites (N-methyl/N-ethyl adjacent to an activating group) is 1. The molecule has 3 nitrogen and oxygen atoms in total. The van der Waals surface area contributed by atoms with Gasteiger partial charge in [-0.2, -0.15) is 0 Å². The first-order valence-electron chi connectivity index (χ1n) is 6.02. The number of nitrogens with one attached hydrogen (secondary N) is 1. The summed E-state index contributed by atoms with van der Waals surface area (Å²) >= 11 is 1.85. The van der Waals surface area contributed by atoms with Gasteiger partial charge in [0.15, 0.2) is 0 Å². The van der Waals surface area contributed by atoms with E-state index in [1.54, 1.807) is 0 Å². The molecule has 1 atom stereocenters. The monoisotopic (exact) mass is 239 g/mol. The second-order valence-corrected chi connectivity index (χ2v) is 5.85. The SMILES string of the molecule is CNCC1CCCN1Cc1sc(C)nc1C. The quantitative estimate of drug-likeness (QED) is 0.870. The van der Waals surface area contributed by atoms with Crippen LogP contribution in [-0.4, -0.2) is 36.1 Å². The van der Waals surface area contributed by atoms with Crippen LogP contribution in [0.15, 0.2) is 0 Å². The average molecular weight is 239 g/mol. The van der Waals surface area contributed by atoms with E-state index in [0.29, 0.717) is 6.04 Å². The maximum absolute atomic E-state index is 4.50. The van der Waals surface area contributed by atoms with Crippen molar-refractivity contribution in [3.63, 3.8) is 0 Å². The van der Waals surface area contributed by atoms with Gasteiger partial charge in [0.25, 0.3) is 0 Å². The maximum Gasteiger partial charge on any atom is 0.0900 e. The molecular weight excluding hydrogens is 218 g/mol. The molecule has 1 saturated heterocycles. The molecule has 2 heterocycles. The first kappa shape index (κ1) is 12.0. The Morgan fingerprint density at radius 1 is 1.50 bits per heavy atom. The molecule has 1 N–H and O–H groups in total. The van der Waals surface area contributed by atoms with Gasteiger partial charge in [0.05, 0.1) is 10.7 Å². The summed E-state index contributed by atoms with van der Waals surface area (Å²) in [6.07, 6.45) is 2.67. The van der Waals surface area contributed by atoms with Crippen LogP contribution in [0, 0.1) is 13.8 Å². The predicted octanol–water partition coefficient (Wildman–Crippen LogP) is 1.94. The molecule has 1 aromatic rings. The van der Waals surface area contributed by atoms with Crippen molar-refractivity contribution < 1.29 is 0 Å². The molecule has 1 unspecified atom stereocenters. The number of rotatable bonds is 4. The Morgan fingerprint density at radius 3 is 2.94 bits per heavy atom. The molecule has 0 saturated carbocycles. The van der Waals surface area contributed by atoms with Crippen LogP contribution in [0.2, 0.25) is 0 Å². The zero-order valence-corrected chi connectivity index (χ0v) is 11.2. The summed E-state index contributed by atoms with van der Waals surface area (Å²) in [5.74, 6) is 0. The first-order chi connectivity index (χ1) is 7.70. The molecular formula is C12H21N3S. The molecule has 0 aromatic carbocycles. The van der Waals surface area contributed by atoms with Gasteiger partial charge in [-0.3, -0.25) is 4.90 Å². The normalized spacial score (nSPS) is 21.8. The minimum Gasteiger partial charge on any atom is -0.318 e. The molecule has 2 rings (SSSR count). The summed E-state index contributed by atoms with van der Waals surface area (Å²) in [6.45, 7) is 7.65. The fraction of sp³-hybridized carbons (Fsp3) is 0.750. The van der Waals surface area contributed by atoms with Gasteiger partial charge >= 0.3 is 0 Å². The van der Waals surface area contributed by atoms with Crippen LogP contribution in [0.25, 0.3) is 0 Å². The molecule has 90 valence electrons. The Bertz CT molecular complexity index is 348. The Morgan fingerprint density at radius 2 is 2.31 bits per heavy atom. The van der Waals surface area contributed by atoms with E-state index in [1.165, 1.54) is 35.0 Å². The Hall–Kier alpha value is -0.450. The number of nitrogens with zero attached hydrogens (tertiary/aromatic N) is 2. The van der Waals surface area contributed by atoms with Crippen LogP contribution in [0.5, 0.6) is 0 Å². The number of hydrogen-bond donors (Lipinski definition) is 1. The third-order valence-electron chi connectivity index (χ3n) is 3.29. The standard InChI is InChI=1S/C12H21N3S/c1-9-12(16-10(2)14-9)8-15-6-4-5-11(15)7-13-3/h11,13H,4-8H2,1-3H3. The van der Waals surface area contributed by atoms with Crippen molar-refractivity contribution in [2.45, 2.75) is 39.3 Å². The number of thiazole rings is 1. The van der Waals surface area contributed by atoms with Crippen molar-refractivity contribution in [1.29, 1.82) is 0 Å². The molecule has 16 heavy (non-hydrogen) atoms. The highest BCUT2D eigenvalue weighted by Crippen LogP contribution is 2.24. The largest absolute Gasteiger partial charge is 0.318 e. The lowest BCUT2D eigenvalue weighted by Gasteiger charge is -2.23. The van der Waals surface area contributed by atoms with E-state index in [2.05, 4.69) is 29.0 Å². The lowest BCUT2D eigenvalue weighted by atomic mass is 10.2. The van der Waals surface area contributed by atoms with E-state index < -0.39 is 0 Å². The molecule has 0 spiro atoms. The van der Waals surface area contributed by atoms with E-state index in [4.69, 9.17) is 0 Å². The Labute approximate surface area is 102 Å². The van der Waals surface area contributed by atoms with Crippen LogP contribution in [0.4, 0.5) is 0 Å². The maximum atomic E-state index is 4.50. The second kappa shape index (κ2) is 5.25. The van der Waals surface area contributed by atoms with E-state index in [9.17, 15) is 0 Å². The third kappa shape index (κ3) is 2.62. The smallest absolute Gasteiger partial charge is 0.0900 e. The second-order valence-electron chi connectivity index (χ2n) is 4.57. The molecule has 1 fully saturated rings. The van der Waals surface area contributed by atoms with E-state index in [-0.39, 0.29) is 0 Å². The van der Waals surface area contributed by atoms with Crippen molar-refractivity contribution in [1.82, 2.24) is 15.2 Å². The average Bonchev–Trinajstić information content (AvgIpc) is 2.77. The molecule has 1 aliphatic heterocycles. The number of aryl methyl sites for hydroxylation is 2. The van der Waals surface area contributed by atoms with Gasteiger partial charge in [0.2, 0.25) is 0 Å². The predicted molar refractivity (Wildman–Crippen MR) is 68.9 cm³/mol. The van der Waals surface area contributed by atoms with Crippen molar-refractivity contribution >= 4 is 11.3 Å². The molecule has 0 bridgehead atoms. The summed E-state index contributed by atoms with van der Waals surface area (Å²) in [4.78, 5) is 8.54. The van der Waals surface area contributed by atoms with Crippen molar-refractivity contribution in [2.75, 3.05) is 20.1 Å². The summed E-state index contributed by atoms with van der Waals surface area (Å²) in [5.41, 5.74) is 1.22. The molecule has 0 amide bonds. The Balaban J connectivity index is 2.00. The molecule has 4 heteroatoms. The zero-order chi connectivity index (χ0) is 11.5. The highest BCUT2D eigenvalue weighted by atomic mass is 32.1. The molecule has 0 aliphatic carbocycles. The summed E-state index contributed by atoms with van der Waals surface area (Å²) in [7, 11) is 2.04. The van der Waals surface area contributed by atoms with Gasteiger partial charge in [-0.1, -0.05) is 0 Å². The van der Waals surface area contributed by atoms with E-state index in [0.717, 1.165) is 13.1 Å². The van der Waals surface area contributed by atoms with Crippen LogP contribution >= 0.6 is 11.3 Å². The minimum atomic E-state index is 0.715. The van der Waals surface area contributed by atoms with Crippen molar-refractivity contribution in [3.8, 4) is 0 Å². The summed E-state index contributed by atoms with van der Waals surface area (Å²) < 4.78 is 0. The van der Waals surface area contributed by atoms with Crippen LogP contribution in [0.3, 0.4) is 0 Å². The van der Waals surface area contributed by atoms with Crippen molar-refractivity contribution in [3.05, 3.63) is 15.6 Å². The fourth-order valence-corrected chi connectivity index (χ4v) is 3.44. The van der Waals surface area contributed by atoms with Gasteiger partial charge in [-0.05, 0) is 40.3 Å². The summed E-state index contributed by atoms with van der Waals surface area (Å²) in [5, 5.41) is 4.48. The molecule has 0 radical (unpaired) electrons. The Kier molecular flexibility index (Phi) is 3.95. The van der Waals surface area contributed by atoms with Gasteiger partial charge in [-0.25, -0.2) is 4.98 Å². The fourth-order valence-electron chi connectivity index (χ4n) is 2.47. The van der Waals surface area contributed by atoms with Gasteiger partial charge < -0.3 is 5.32 Å². The minimum absolute atomic E-state index is 0.715. The molecule has 1 aromatic heterocycles. The van der Waals surface area contributed by atoms with Gasteiger partial charge in [0.1, 0.15) is 0 Å². The van der Waals surface area contributed by atoms with Crippen molar-refractivity contribution in [2.24, 2.45) is 0 Å².